The summed E-state index contributed by atoms with van der Waals surface area (Å²) in [6.07, 6.45) is 1.32. The van der Waals surface area contributed by atoms with Gasteiger partial charge in [0.05, 0.1) is 0 Å². The molecule has 5 heteroatoms. The lowest BCUT2D eigenvalue weighted by atomic mass is 9.91. The van der Waals surface area contributed by atoms with Gasteiger partial charge < -0.3 is 16.0 Å². The average Bonchev–Trinajstić information content (AvgIpc) is 2.56. The number of amides is 2. The van der Waals surface area contributed by atoms with Crippen LogP contribution in [0.25, 0.3) is 0 Å². The Morgan fingerprint density at radius 3 is 2.54 bits per heavy atom. The zero-order valence-corrected chi connectivity index (χ0v) is 15.1. The van der Waals surface area contributed by atoms with E-state index in [0.29, 0.717) is 19.5 Å². The van der Waals surface area contributed by atoms with E-state index in [1.54, 1.807) is 4.90 Å². The molecular formula is C19H29N3O2. The first-order valence-electron chi connectivity index (χ1n) is 8.66. The number of carbonyl (C=O) groups is 2. The molecule has 1 aliphatic rings. The Morgan fingerprint density at radius 1 is 1.33 bits per heavy atom. The van der Waals surface area contributed by atoms with Crippen LogP contribution in [0.4, 0.5) is 0 Å². The second-order valence-corrected chi connectivity index (χ2v) is 7.47. The minimum atomic E-state index is -0.478. The number of fused-ring (bicyclic) bond motifs is 1. The van der Waals surface area contributed by atoms with Crippen LogP contribution in [0.1, 0.15) is 45.2 Å². The predicted octanol–water partition coefficient (Wildman–Crippen LogP) is 1.84. The number of hydrogen-bond acceptors (Lipinski definition) is 3. The molecule has 1 heterocycles. The number of rotatable bonds is 5. The van der Waals surface area contributed by atoms with Crippen molar-refractivity contribution in [3.05, 3.63) is 35.4 Å². The molecule has 1 aromatic rings. The predicted molar refractivity (Wildman–Crippen MR) is 95.2 cm³/mol. The SMILES string of the molecule is CCC(C)C(=O)N1Cc2ccccc2CC1C(=O)NCC(C)(C)N. The molecule has 0 bridgehead atoms. The van der Waals surface area contributed by atoms with Crippen LogP contribution in [0.5, 0.6) is 0 Å². The van der Waals surface area contributed by atoms with Gasteiger partial charge in [0.2, 0.25) is 11.8 Å². The van der Waals surface area contributed by atoms with Gasteiger partial charge in [0, 0.05) is 31.0 Å². The van der Waals surface area contributed by atoms with Gasteiger partial charge in [-0.15, -0.1) is 0 Å². The summed E-state index contributed by atoms with van der Waals surface area (Å²) in [5.74, 6) is -0.171. The summed E-state index contributed by atoms with van der Waals surface area (Å²) in [7, 11) is 0. The molecule has 0 aliphatic carbocycles. The van der Waals surface area contributed by atoms with Gasteiger partial charge in [0.15, 0.2) is 0 Å². The topological polar surface area (TPSA) is 75.4 Å². The highest BCUT2D eigenvalue weighted by Crippen LogP contribution is 2.25. The van der Waals surface area contributed by atoms with Crippen LogP contribution in [0.3, 0.4) is 0 Å². The fourth-order valence-electron chi connectivity index (χ4n) is 2.88. The monoisotopic (exact) mass is 331 g/mol. The second-order valence-electron chi connectivity index (χ2n) is 7.47. The Hall–Kier alpha value is -1.88. The molecule has 1 aromatic carbocycles. The lowest BCUT2D eigenvalue weighted by Crippen LogP contribution is -2.56. The Morgan fingerprint density at radius 2 is 1.96 bits per heavy atom. The number of carbonyl (C=O) groups excluding carboxylic acids is 2. The summed E-state index contributed by atoms with van der Waals surface area (Å²) < 4.78 is 0. The Labute approximate surface area is 144 Å². The Bertz CT molecular complexity index is 607. The molecule has 0 spiro atoms. The van der Waals surface area contributed by atoms with Crippen LogP contribution in [0.15, 0.2) is 24.3 Å². The third-order valence-corrected chi connectivity index (χ3v) is 4.59. The van der Waals surface area contributed by atoms with Gasteiger partial charge in [-0.1, -0.05) is 38.1 Å². The van der Waals surface area contributed by atoms with Crippen molar-refractivity contribution in [2.24, 2.45) is 11.7 Å². The largest absolute Gasteiger partial charge is 0.352 e. The van der Waals surface area contributed by atoms with E-state index in [4.69, 9.17) is 5.73 Å². The zero-order chi connectivity index (χ0) is 17.9. The number of nitrogens with zero attached hydrogens (tertiary/aromatic N) is 1. The van der Waals surface area contributed by atoms with E-state index in [9.17, 15) is 9.59 Å². The summed E-state index contributed by atoms with van der Waals surface area (Å²) in [5, 5.41) is 2.91. The quantitative estimate of drug-likeness (QED) is 0.864. The lowest BCUT2D eigenvalue weighted by Gasteiger charge is -2.37. The minimum Gasteiger partial charge on any atom is -0.352 e. The number of hydrogen-bond donors (Lipinski definition) is 2. The third-order valence-electron chi connectivity index (χ3n) is 4.59. The minimum absolute atomic E-state index is 0.0409. The third kappa shape index (κ3) is 4.35. The molecule has 5 nitrogen and oxygen atoms in total. The van der Waals surface area contributed by atoms with E-state index in [1.165, 1.54) is 0 Å². The zero-order valence-electron chi connectivity index (χ0n) is 15.1. The highest BCUT2D eigenvalue weighted by Gasteiger charge is 2.36. The van der Waals surface area contributed by atoms with Gasteiger partial charge in [-0.3, -0.25) is 9.59 Å². The first-order valence-corrected chi connectivity index (χ1v) is 8.66. The number of benzene rings is 1. The lowest BCUT2D eigenvalue weighted by molar-refractivity contribution is -0.144. The van der Waals surface area contributed by atoms with E-state index in [1.807, 2.05) is 52.0 Å². The first-order chi connectivity index (χ1) is 11.2. The van der Waals surface area contributed by atoms with Crippen LogP contribution in [0, 0.1) is 5.92 Å². The van der Waals surface area contributed by atoms with Gasteiger partial charge >= 0.3 is 0 Å². The van der Waals surface area contributed by atoms with Crippen molar-refractivity contribution in [1.82, 2.24) is 10.2 Å². The average molecular weight is 331 g/mol. The molecule has 1 aliphatic heterocycles. The fourth-order valence-corrected chi connectivity index (χ4v) is 2.88. The summed E-state index contributed by atoms with van der Waals surface area (Å²) >= 11 is 0. The molecule has 2 amide bonds. The molecule has 132 valence electrons. The van der Waals surface area contributed by atoms with Gasteiger partial charge in [-0.2, -0.15) is 0 Å². The van der Waals surface area contributed by atoms with E-state index in [2.05, 4.69) is 5.32 Å². The Kier molecular flexibility index (Phi) is 5.65. The smallest absolute Gasteiger partial charge is 0.243 e. The van der Waals surface area contributed by atoms with E-state index < -0.39 is 11.6 Å². The van der Waals surface area contributed by atoms with Crippen molar-refractivity contribution >= 4 is 11.8 Å². The van der Waals surface area contributed by atoms with Gasteiger partial charge in [-0.05, 0) is 31.4 Å². The van der Waals surface area contributed by atoms with Crippen LogP contribution < -0.4 is 11.1 Å². The highest BCUT2D eigenvalue weighted by molar-refractivity contribution is 5.89. The van der Waals surface area contributed by atoms with Crippen LogP contribution in [0.2, 0.25) is 0 Å². The van der Waals surface area contributed by atoms with E-state index in [0.717, 1.165) is 17.5 Å². The van der Waals surface area contributed by atoms with Gasteiger partial charge in [0.25, 0.3) is 0 Å². The molecule has 24 heavy (non-hydrogen) atoms. The van der Waals surface area contributed by atoms with Crippen molar-refractivity contribution in [1.29, 1.82) is 0 Å². The fraction of sp³-hybridized carbons (Fsp3) is 0.579. The van der Waals surface area contributed by atoms with Gasteiger partial charge in [-0.25, -0.2) is 0 Å². The maximum Gasteiger partial charge on any atom is 0.243 e. The van der Waals surface area contributed by atoms with Crippen molar-refractivity contribution in [2.75, 3.05) is 6.54 Å². The molecule has 0 saturated heterocycles. The molecule has 3 N–H and O–H groups in total. The molecule has 0 aromatic heterocycles. The van der Waals surface area contributed by atoms with E-state index in [-0.39, 0.29) is 17.7 Å². The molecule has 0 radical (unpaired) electrons. The first kappa shape index (κ1) is 18.5. The van der Waals surface area contributed by atoms with Crippen molar-refractivity contribution in [2.45, 2.75) is 58.7 Å². The van der Waals surface area contributed by atoms with E-state index >= 15 is 0 Å². The van der Waals surface area contributed by atoms with Crippen LogP contribution in [-0.4, -0.2) is 34.8 Å². The normalized spacial score (nSPS) is 18.7. The van der Waals surface area contributed by atoms with Crippen molar-refractivity contribution in [3.8, 4) is 0 Å². The van der Waals surface area contributed by atoms with Gasteiger partial charge in [0.1, 0.15) is 6.04 Å². The second kappa shape index (κ2) is 7.34. The highest BCUT2D eigenvalue weighted by atomic mass is 16.2. The summed E-state index contributed by atoms with van der Waals surface area (Å²) in [6, 6.07) is 7.55. The maximum atomic E-state index is 12.8. The van der Waals surface area contributed by atoms with Crippen LogP contribution in [-0.2, 0) is 22.6 Å². The van der Waals surface area contributed by atoms with Crippen molar-refractivity contribution < 1.29 is 9.59 Å². The molecule has 0 saturated carbocycles. The molecule has 2 rings (SSSR count). The Balaban J connectivity index is 2.24. The molecular weight excluding hydrogens is 302 g/mol. The van der Waals surface area contributed by atoms with Crippen LogP contribution >= 0.6 is 0 Å². The van der Waals surface area contributed by atoms with Crippen molar-refractivity contribution in [3.63, 3.8) is 0 Å². The molecule has 0 fully saturated rings. The summed E-state index contributed by atoms with van der Waals surface area (Å²) in [5.41, 5.74) is 7.74. The maximum absolute atomic E-state index is 12.8. The molecule has 2 atom stereocenters. The summed E-state index contributed by atoms with van der Waals surface area (Å²) in [6.45, 7) is 8.52. The summed E-state index contributed by atoms with van der Waals surface area (Å²) in [4.78, 5) is 27.2. The number of nitrogens with one attached hydrogen (secondary N) is 1. The standard InChI is InChI=1S/C19H29N3O2/c1-5-13(2)18(24)22-11-15-9-7-6-8-14(15)10-16(22)17(23)21-12-19(3,4)20/h6-9,13,16H,5,10-12,20H2,1-4H3,(H,21,23). The number of nitrogens with two attached hydrogens (primary N) is 1. The molecule has 2 unspecified atom stereocenters.